The van der Waals surface area contributed by atoms with Gasteiger partial charge in [-0.3, -0.25) is 0 Å². The minimum Gasteiger partial charge on any atom is -0.237 e. The summed E-state index contributed by atoms with van der Waals surface area (Å²) >= 11 is 0. The molecule has 0 N–H and O–H groups in total. The van der Waals surface area contributed by atoms with Crippen molar-refractivity contribution in [1.29, 1.82) is 0 Å². The predicted octanol–water partition coefficient (Wildman–Crippen LogP) is 3.81. The van der Waals surface area contributed by atoms with Gasteiger partial charge in [0.05, 0.1) is 7.05 Å². The molecule has 2 rings (SSSR count). The zero-order valence-electron chi connectivity index (χ0n) is 12.2. The van der Waals surface area contributed by atoms with E-state index >= 15 is 0 Å². The Morgan fingerprint density at radius 3 is 2.47 bits per heavy atom. The Morgan fingerprint density at radius 2 is 1.74 bits per heavy atom. The number of nitrogens with zero attached hydrogens (tertiary/aromatic N) is 2. The summed E-state index contributed by atoms with van der Waals surface area (Å²) in [6, 6.07) is 10.6. The van der Waals surface area contributed by atoms with Gasteiger partial charge in [0.15, 0.2) is 0 Å². The Labute approximate surface area is 116 Å². The van der Waals surface area contributed by atoms with Crippen molar-refractivity contribution in [3.8, 4) is 5.69 Å². The fourth-order valence-corrected chi connectivity index (χ4v) is 2.52. The fourth-order valence-electron chi connectivity index (χ4n) is 2.52. The summed E-state index contributed by atoms with van der Waals surface area (Å²) in [5, 5.41) is 0. The summed E-state index contributed by atoms with van der Waals surface area (Å²) in [6.07, 6.45) is 12.1. The molecule has 1 aromatic heterocycles. The van der Waals surface area contributed by atoms with E-state index < -0.39 is 0 Å². The molecule has 0 atom stereocenters. The standard InChI is InChI=1S/C17H25N2/c1-3-4-5-6-10-13-17-18(2)14-15-19(17)16-11-8-7-9-12-16/h7-9,11-12,14-15H,3-6,10,13H2,1-2H3/q+1. The second-order valence-electron chi connectivity index (χ2n) is 5.20. The van der Waals surface area contributed by atoms with Gasteiger partial charge in [0.1, 0.15) is 18.1 Å². The quantitative estimate of drug-likeness (QED) is 0.527. The molecular formula is C17H25N2+. The van der Waals surface area contributed by atoms with Gasteiger partial charge >= 0.3 is 0 Å². The monoisotopic (exact) mass is 257 g/mol. The zero-order valence-corrected chi connectivity index (χ0v) is 12.2. The highest BCUT2D eigenvalue weighted by Gasteiger charge is 2.15. The van der Waals surface area contributed by atoms with Crippen LogP contribution in [0.3, 0.4) is 0 Å². The highest BCUT2D eigenvalue weighted by atomic mass is 15.1. The molecular weight excluding hydrogens is 232 g/mol. The molecule has 2 heteroatoms. The van der Waals surface area contributed by atoms with E-state index in [1.807, 2.05) is 0 Å². The zero-order chi connectivity index (χ0) is 13.5. The summed E-state index contributed by atoms with van der Waals surface area (Å²) in [6.45, 7) is 2.26. The number of hydrogen-bond acceptors (Lipinski definition) is 0. The molecule has 0 aliphatic carbocycles. The Hall–Kier alpha value is -1.57. The van der Waals surface area contributed by atoms with Crippen LogP contribution < -0.4 is 4.57 Å². The molecule has 1 aromatic carbocycles. The number of unbranched alkanes of at least 4 members (excludes halogenated alkanes) is 4. The van der Waals surface area contributed by atoms with Crippen LogP contribution in [-0.4, -0.2) is 4.57 Å². The Morgan fingerprint density at radius 1 is 1.00 bits per heavy atom. The maximum atomic E-state index is 2.31. The second-order valence-corrected chi connectivity index (χ2v) is 5.20. The lowest BCUT2D eigenvalue weighted by Crippen LogP contribution is -2.31. The molecule has 2 aromatic rings. The molecule has 0 amide bonds. The molecule has 1 heterocycles. The van der Waals surface area contributed by atoms with Gasteiger partial charge in [0, 0.05) is 6.42 Å². The summed E-state index contributed by atoms with van der Waals surface area (Å²) in [7, 11) is 2.14. The molecule has 0 unspecified atom stereocenters. The molecule has 0 saturated carbocycles. The molecule has 0 spiro atoms. The molecule has 0 bridgehead atoms. The van der Waals surface area contributed by atoms with Crippen molar-refractivity contribution < 1.29 is 4.57 Å². The fraction of sp³-hybridized carbons (Fsp3) is 0.471. The van der Waals surface area contributed by atoms with Crippen LogP contribution in [0.2, 0.25) is 0 Å². The first kappa shape index (κ1) is 13.9. The number of hydrogen-bond donors (Lipinski definition) is 0. The largest absolute Gasteiger partial charge is 0.261 e. The third-order valence-corrected chi connectivity index (χ3v) is 3.66. The molecule has 0 radical (unpaired) electrons. The van der Waals surface area contributed by atoms with E-state index in [1.165, 1.54) is 43.6 Å². The average Bonchev–Trinajstić information content (AvgIpc) is 2.81. The second kappa shape index (κ2) is 7.13. The van der Waals surface area contributed by atoms with E-state index in [2.05, 4.69) is 65.8 Å². The van der Waals surface area contributed by atoms with Crippen LogP contribution in [0.15, 0.2) is 42.7 Å². The van der Waals surface area contributed by atoms with Crippen LogP contribution in [0.1, 0.15) is 44.9 Å². The Bertz CT molecular complexity index is 485. The number of aromatic nitrogens is 2. The van der Waals surface area contributed by atoms with Crippen molar-refractivity contribution in [3.05, 3.63) is 48.5 Å². The summed E-state index contributed by atoms with van der Waals surface area (Å²) in [5.41, 5.74) is 1.26. The third-order valence-electron chi connectivity index (χ3n) is 3.66. The summed E-state index contributed by atoms with van der Waals surface area (Å²) < 4.78 is 4.55. The van der Waals surface area contributed by atoms with Gasteiger partial charge in [0.25, 0.3) is 5.82 Å². The average molecular weight is 257 g/mol. The SMILES string of the molecule is CCCCCCCc1n(-c2ccccc2)cc[n+]1C. The van der Waals surface area contributed by atoms with E-state index in [4.69, 9.17) is 0 Å². The molecule has 0 aliphatic heterocycles. The molecule has 2 nitrogen and oxygen atoms in total. The lowest BCUT2D eigenvalue weighted by Gasteiger charge is -2.03. The number of benzene rings is 1. The van der Waals surface area contributed by atoms with Crippen molar-refractivity contribution in [1.82, 2.24) is 4.57 Å². The van der Waals surface area contributed by atoms with Crippen molar-refractivity contribution in [2.24, 2.45) is 7.05 Å². The van der Waals surface area contributed by atoms with Crippen molar-refractivity contribution >= 4 is 0 Å². The topological polar surface area (TPSA) is 8.81 Å². The molecule has 19 heavy (non-hydrogen) atoms. The van der Waals surface area contributed by atoms with Crippen LogP contribution >= 0.6 is 0 Å². The van der Waals surface area contributed by atoms with Crippen LogP contribution in [0.5, 0.6) is 0 Å². The first-order valence-electron chi connectivity index (χ1n) is 7.44. The van der Waals surface area contributed by atoms with E-state index in [-0.39, 0.29) is 0 Å². The summed E-state index contributed by atoms with van der Waals surface area (Å²) in [4.78, 5) is 0. The van der Waals surface area contributed by atoms with Crippen LogP contribution in [0.4, 0.5) is 0 Å². The van der Waals surface area contributed by atoms with E-state index in [0.29, 0.717) is 0 Å². The van der Waals surface area contributed by atoms with Gasteiger partial charge in [-0.05, 0) is 18.6 Å². The smallest absolute Gasteiger partial charge is 0.237 e. The number of aryl methyl sites for hydroxylation is 1. The van der Waals surface area contributed by atoms with Gasteiger partial charge < -0.3 is 0 Å². The van der Waals surface area contributed by atoms with Crippen molar-refractivity contribution in [2.45, 2.75) is 45.4 Å². The molecule has 0 saturated heterocycles. The van der Waals surface area contributed by atoms with Crippen molar-refractivity contribution in [2.75, 3.05) is 0 Å². The maximum absolute atomic E-state index is 2.31. The highest BCUT2D eigenvalue weighted by molar-refractivity contribution is 5.31. The van der Waals surface area contributed by atoms with Crippen LogP contribution in [0, 0.1) is 0 Å². The third kappa shape index (κ3) is 3.69. The van der Waals surface area contributed by atoms with Gasteiger partial charge in [-0.2, -0.15) is 4.57 Å². The first-order chi connectivity index (χ1) is 9.33. The minimum atomic E-state index is 1.15. The first-order valence-corrected chi connectivity index (χ1v) is 7.44. The summed E-state index contributed by atoms with van der Waals surface area (Å²) in [5.74, 6) is 1.39. The predicted molar refractivity (Wildman–Crippen MR) is 79.4 cm³/mol. The normalized spacial score (nSPS) is 10.8. The van der Waals surface area contributed by atoms with E-state index in [9.17, 15) is 0 Å². The lowest BCUT2D eigenvalue weighted by atomic mass is 10.1. The van der Waals surface area contributed by atoms with Crippen LogP contribution in [0.25, 0.3) is 5.69 Å². The number of para-hydroxylation sites is 1. The Kier molecular flexibility index (Phi) is 5.20. The lowest BCUT2D eigenvalue weighted by molar-refractivity contribution is -0.678. The van der Waals surface area contributed by atoms with Crippen molar-refractivity contribution in [3.63, 3.8) is 0 Å². The maximum Gasteiger partial charge on any atom is 0.261 e. The van der Waals surface area contributed by atoms with Gasteiger partial charge in [0.2, 0.25) is 0 Å². The highest BCUT2D eigenvalue weighted by Crippen LogP contribution is 2.12. The molecule has 102 valence electrons. The van der Waals surface area contributed by atoms with E-state index in [1.54, 1.807) is 0 Å². The van der Waals surface area contributed by atoms with Crippen LogP contribution in [-0.2, 0) is 13.5 Å². The molecule has 0 fully saturated rings. The van der Waals surface area contributed by atoms with Gasteiger partial charge in [-0.15, -0.1) is 0 Å². The van der Waals surface area contributed by atoms with E-state index in [0.717, 1.165) is 6.42 Å². The minimum absolute atomic E-state index is 1.15. The van der Waals surface area contributed by atoms with Gasteiger partial charge in [-0.25, -0.2) is 4.57 Å². The van der Waals surface area contributed by atoms with Gasteiger partial charge in [-0.1, -0.05) is 50.8 Å². The molecule has 0 aliphatic rings. The number of rotatable bonds is 7. The Balaban J connectivity index is 2.02. The number of imidazole rings is 1.